The van der Waals surface area contributed by atoms with Crippen LogP contribution in [0.5, 0.6) is 5.75 Å². The predicted octanol–water partition coefficient (Wildman–Crippen LogP) is 1.08. The van der Waals surface area contributed by atoms with Crippen LogP contribution >= 0.6 is 0 Å². The quantitative estimate of drug-likeness (QED) is 0.329. The Bertz CT molecular complexity index is 788. The van der Waals surface area contributed by atoms with E-state index in [4.69, 9.17) is 9.15 Å². The Morgan fingerprint density at radius 3 is 2.68 bits per heavy atom. The zero-order valence-corrected chi connectivity index (χ0v) is 17.9. The number of nitrogens with one attached hydrogen (secondary N) is 1. The lowest BCUT2D eigenvalue weighted by molar-refractivity contribution is -0.145. The summed E-state index contributed by atoms with van der Waals surface area (Å²) in [4.78, 5) is 6.01. The molecule has 4 atom stereocenters. The number of likely N-dealkylation sites (tertiary alicyclic amines) is 1. The van der Waals surface area contributed by atoms with Gasteiger partial charge in [-0.15, -0.1) is 0 Å². The summed E-state index contributed by atoms with van der Waals surface area (Å²) >= 11 is 0. The smallest absolute Gasteiger partial charge is 0.225 e. The number of rotatable bonds is 11. The molecule has 2 aromatic rings. The summed E-state index contributed by atoms with van der Waals surface area (Å²) in [5.41, 5.74) is 1.77. The predicted molar refractivity (Wildman–Crippen MR) is 116 cm³/mol. The SMILES string of the molecule is COc1cc(-c2ncco2)ccc1NCCCCCCN1CC(O)C(O)C(O)C1CO. The summed E-state index contributed by atoms with van der Waals surface area (Å²) in [6.07, 6.45) is 3.70. The number of hydrogen-bond acceptors (Lipinski definition) is 9. The number of nitrogens with zero attached hydrogens (tertiary/aromatic N) is 2. The molecule has 4 unspecified atom stereocenters. The average Bonchev–Trinajstić information content (AvgIpc) is 3.32. The lowest BCUT2D eigenvalue weighted by atomic mass is 9.94. The molecule has 0 radical (unpaired) electrons. The summed E-state index contributed by atoms with van der Waals surface area (Å²) < 4.78 is 10.8. The number of aliphatic hydroxyl groups excluding tert-OH is 4. The third-order valence-corrected chi connectivity index (χ3v) is 5.78. The summed E-state index contributed by atoms with van der Waals surface area (Å²) in [5.74, 6) is 1.28. The van der Waals surface area contributed by atoms with Crippen LogP contribution in [0, 0.1) is 0 Å². The molecule has 9 nitrogen and oxygen atoms in total. The molecule has 5 N–H and O–H groups in total. The third kappa shape index (κ3) is 5.96. The van der Waals surface area contributed by atoms with Crippen molar-refractivity contribution in [3.05, 3.63) is 30.7 Å². The number of benzene rings is 1. The number of piperidine rings is 1. The van der Waals surface area contributed by atoms with Crippen LogP contribution in [0.15, 0.2) is 35.1 Å². The molecule has 3 rings (SSSR count). The molecule has 0 aliphatic carbocycles. The summed E-state index contributed by atoms with van der Waals surface area (Å²) in [5, 5.41) is 42.6. The highest BCUT2D eigenvalue weighted by Crippen LogP contribution is 2.30. The van der Waals surface area contributed by atoms with E-state index in [0.29, 0.717) is 12.4 Å². The lowest BCUT2D eigenvalue weighted by Crippen LogP contribution is -2.62. The first-order valence-electron chi connectivity index (χ1n) is 10.8. The van der Waals surface area contributed by atoms with Crippen LogP contribution in [-0.2, 0) is 0 Å². The van der Waals surface area contributed by atoms with Gasteiger partial charge in [-0.2, -0.15) is 0 Å². The van der Waals surface area contributed by atoms with Gasteiger partial charge in [-0.25, -0.2) is 4.98 Å². The number of hydrogen-bond donors (Lipinski definition) is 5. The zero-order chi connectivity index (χ0) is 22.2. The number of methoxy groups -OCH3 is 1. The van der Waals surface area contributed by atoms with Gasteiger partial charge in [0.25, 0.3) is 0 Å². The normalized spacial score (nSPS) is 24.3. The molecular weight excluding hydrogens is 402 g/mol. The largest absolute Gasteiger partial charge is 0.495 e. The van der Waals surface area contributed by atoms with E-state index in [1.54, 1.807) is 13.3 Å². The molecule has 0 bridgehead atoms. The van der Waals surface area contributed by atoms with Crippen molar-refractivity contribution >= 4 is 5.69 Å². The first-order chi connectivity index (χ1) is 15.0. The molecule has 1 aliphatic rings. The highest BCUT2D eigenvalue weighted by atomic mass is 16.5. The maximum Gasteiger partial charge on any atom is 0.225 e. The van der Waals surface area contributed by atoms with E-state index in [-0.39, 0.29) is 13.2 Å². The highest BCUT2D eigenvalue weighted by Gasteiger charge is 2.40. The number of β-amino-alcohol motifs (C(OH)–C–C–N with tert-alkyl or cyclic N) is 1. The van der Waals surface area contributed by atoms with Gasteiger partial charge < -0.3 is 34.9 Å². The van der Waals surface area contributed by atoms with E-state index >= 15 is 0 Å². The summed E-state index contributed by atoms with van der Waals surface area (Å²) in [6, 6.07) is 5.25. The van der Waals surface area contributed by atoms with Gasteiger partial charge in [0.05, 0.1) is 37.7 Å². The van der Waals surface area contributed by atoms with Crippen molar-refractivity contribution < 1.29 is 29.6 Å². The van der Waals surface area contributed by atoms with Gasteiger partial charge in [0, 0.05) is 18.7 Å². The molecule has 1 aromatic heterocycles. The Kier molecular flexibility index (Phi) is 8.68. The van der Waals surface area contributed by atoms with E-state index in [2.05, 4.69) is 10.3 Å². The summed E-state index contributed by atoms with van der Waals surface area (Å²) in [6.45, 7) is 1.48. The minimum Gasteiger partial charge on any atom is -0.495 e. The first-order valence-corrected chi connectivity index (χ1v) is 10.8. The fraction of sp³-hybridized carbons (Fsp3) is 0.591. The molecular formula is C22H33N3O6. The van der Waals surface area contributed by atoms with E-state index in [1.165, 1.54) is 6.26 Å². The van der Waals surface area contributed by atoms with Crippen LogP contribution in [-0.4, -0.2) is 88.0 Å². The molecule has 0 saturated carbocycles. The van der Waals surface area contributed by atoms with Crippen LogP contribution in [0.3, 0.4) is 0 Å². The molecule has 0 spiro atoms. The Hall–Kier alpha value is -2.17. The van der Waals surface area contributed by atoms with E-state index in [0.717, 1.165) is 49.2 Å². The lowest BCUT2D eigenvalue weighted by Gasteiger charge is -2.43. The molecule has 1 aromatic carbocycles. The molecule has 1 saturated heterocycles. The fourth-order valence-electron chi connectivity index (χ4n) is 3.99. The van der Waals surface area contributed by atoms with Gasteiger partial charge in [0.1, 0.15) is 24.2 Å². The van der Waals surface area contributed by atoms with E-state index < -0.39 is 24.4 Å². The minimum atomic E-state index is -1.21. The zero-order valence-electron chi connectivity index (χ0n) is 17.9. The number of aliphatic hydroxyl groups is 4. The Morgan fingerprint density at radius 2 is 1.97 bits per heavy atom. The highest BCUT2D eigenvalue weighted by molar-refractivity contribution is 5.66. The van der Waals surface area contributed by atoms with Crippen LogP contribution in [0.4, 0.5) is 5.69 Å². The first kappa shape index (κ1) is 23.5. The van der Waals surface area contributed by atoms with Gasteiger partial charge in [0.15, 0.2) is 0 Å². The Balaban J connectivity index is 1.37. The average molecular weight is 436 g/mol. The van der Waals surface area contributed by atoms with E-state index in [1.807, 2.05) is 23.1 Å². The second-order valence-corrected chi connectivity index (χ2v) is 7.89. The van der Waals surface area contributed by atoms with Gasteiger partial charge in [0.2, 0.25) is 5.89 Å². The number of ether oxygens (including phenoxy) is 1. The molecule has 1 aliphatic heterocycles. The molecule has 2 heterocycles. The Labute approximate surface area is 182 Å². The molecule has 31 heavy (non-hydrogen) atoms. The van der Waals surface area contributed by atoms with Crippen molar-refractivity contribution in [3.63, 3.8) is 0 Å². The van der Waals surface area contributed by atoms with Crippen LogP contribution in [0.2, 0.25) is 0 Å². The van der Waals surface area contributed by atoms with Gasteiger partial charge in [-0.05, 0) is 37.6 Å². The van der Waals surface area contributed by atoms with Gasteiger partial charge in [-0.1, -0.05) is 12.8 Å². The molecule has 172 valence electrons. The van der Waals surface area contributed by atoms with Crippen LogP contribution in [0.1, 0.15) is 25.7 Å². The van der Waals surface area contributed by atoms with Crippen molar-refractivity contribution in [3.8, 4) is 17.2 Å². The fourth-order valence-corrected chi connectivity index (χ4v) is 3.99. The van der Waals surface area contributed by atoms with Crippen LogP contribution < -0.4 is 10.1 Å². The van der Waals surface area contributed by atoms with Crippen LogP contribution in [0.25, 0.3) is 11.5 Å². The minimum absolute atomic E-state index is 0.245. The van der Waals surface area contributed by atoms with Crippen molar-refractivity contribution in [1.29, 1.82) is 0 Å². The molecule has 0 amide bonds. The topological polar surface area (TPSA) is 131 Å². The maximum absolute atomic E-state index is 10.0. The second-order valence-electron chi connectivity index (χ2n) is 7.89. The third-order valence-electron chi connectivity index (χ3n) is 5.78. The second kappa shape index (κ2) is 11.4. The summed E-state index contributed by atoms with van der Waals surface area (Å²) in [7, 11) is 1.63. The van der Waals surface area contributed by atoms with Crippen molar-refractivity contribution in [2.75, 3.05) is 38.7 Å². The Morgan fingerprint density at radius 1 is 1.16 bits per heavy atom. The number of unbranched alkanes of at least 4 members (excludes halogenated alkanes) is 3. The van der Waals surface area contributed by atoms with E-state index in [9.17, 15) is 20.4 Å². The standard InChI is InChI=1S/C22H33N3O6/c1-30-19-12-15(22-24-9-11-31-22)6-7-16(19)23-8-4-2-3-5-10-25-13-18(27)21(29)20(28)17(25)14-26/h6-7,9,11-12,17-18,20-21,23,26-29H,2-5,8,10,13-14H2,1H3. The molecule has 1 fully saturated rings. The van der Waals surface area contributed by atoms with Crippen molar-refractivity contribution in [2.45, 2.75) is 50.0 Å². The van der Waals surface area contributed by atoms with Crippen molar-refractivity contribution in [1.82, 2.24) is 9.88 Å². The number of anilines is 1. The van der Waals surface area contributed by atoms with Gasteiger partial charge >= 0.3 is 0 Å². The number of aromatic nitrogens is 1. The van der Waals surface area contributed by atoms with Crippen molar-refractivity contribution in [2.24, 2.45) is 0 Å². The number of oxazole rings is 1. The monoisotopic (exact) mass is 435 g/mol. The van der Waals surface area contributed by atoms with Gasteiger partial charge in [-0.3, -0.25) is 4.90 Å². The molecule has 9 heteroatoms. The maximum atomic E-state index is 10.0.